The number of rotatable bonds is 4. The van der Waals surface area contributed by atoms with Crippen molar-refractivity contribution in [2.45, 2.75) is 51.7 Å². The van der Waals surface area contributed by atoms with Crippen molar-refractivity contribution < 1.29 is 14.2 Å². The van der Waals surface area contributed by atoms with Crippen LogP contribution in [-0.4, -0.2) is 82.2 Å². The summed E-state index contributed by atoms with van der Waals surface area (Å²) < 4.78 is 2.10. The van der Waals surface area contributed by atoms with Gasteiger partial charge in [-0.1, -0.05) is 30.7 Å². The molecule has 0 saturated carbocycles. The van der Waals surface area contributed by atoms with E-state index in [0.717, 1.165) is 12.4 Å². The van der Waals surface area contributed by atoms with Gasteiger partial charge in [0.1, 0.15) is 13.1 Å². The van der Waals surface area contributed by atoms with Crippen LogP contribution in [0.3, 0.4) is 0 Å². The van der Waals surface area contributed by atoms with Crippen molar-refractivity contribution >= 4 is 23.6 Å². The SMILES string of the molecule is Cc1ccccc1C[N+]1=C(CN2CCCCC2C)N=C2C1C(=O)N(C)C(=O)N2C. The summed E-state index contributed by atoms with van der Waals surface area (Å²) in [6, 6.07) is 7.86. The monoisotopic (exact) mass is 396 g/mol. The molecule has 2 atom stereocenters. The van der Waals surface area contributed by atoms with Crippen LogP contribution in [0.2, 0.25) is 0 Å². The number of fused-ring (bicyclic) bond motifs is 1. The van der Waals surface area contributed by atoms with Crippen molar-refractivity contribution in [2.75, 3.05) is 27.2 Å². The standard InChI is InChI=1S/C22H30N5O2/c1-15-9-5-6-11-17(15)13-27-18(14-26-12-8-7-10-16(26)2)23-20-19(27)21(28)25(4)22(29)24(20)3/h5-6,9,11,16,19H,7-8,10,12-14H2,1-4H3/q+1. The molecule has 1 aromatic rings. The molecule has 2 fully saturated rings. The zero-order valence-electron chi connectivity index (χ0n) is 17.8. The molecule has 29 heavy (non-hydrogen) atoms. The summed E-state index contributed by atoms with van der Waals surface area (Å²) >= 11 is 0. The Morgan fingerprint density at radius 3 is 2.62 bits per heavy atom. The summed E-state index contributed by atoms with van der Waals surface area (Å²) in [6.07, 6.45) is 3.64. The maximum atomic E-state index is 13.1. The van der Waals surface area contributed by atoms with Crippen molar-refractivity contribution in [3.8, 4) is 0 Å². The first-order valence-corrected chi connectivity index (χ1v) is 10.4. The third-order valence-electron chi connectivity index (χ3n) is 6.50. The predicted octanol–water partition coefficient (Wildman–Crippen LogP) is 2.08. The molecule has 1 aromatic carbocycles. The minimum atomic E-state index is -0.544. The van der Waals surface area contributed by atoms with Gasteiger partial charge in [0, 0.05) is 20.1 Å². The maximum Gasteiger partial charge on any atom is 0.333 e. The number of benzene rings is 1. The number of hydrogen-bond acceptors (Lipinski definition) is 4. The molecular formula is C22H30N5O2+. The van der Waals surface area contributed by atoms with Gasteiger partial charge in [0.15, 0.2) is 0 Å². The average Bonchev–Trinajstić information content (AvgIpc) is 3.06. The van der Waals surface area contributed by atoms with Crippen LogP contribution in [0.15, 0.2) is 29.3 Å². The number of aliphatic imine (C=N–C) groups is 1. The van der Waals surface area contributed by atoms with Crippen molar-refractivity contribution in [3.63, 3.8) is 0 Å². The van der Waals surface area contributed by atoms with Gasteiger partial charge in [-0.15, -0.1) is 0 Å². The van der Waals surface area contributed by atoms with Crippen LogP contribution in [-0.2, 0) is 11.3 Å². The van der Waals surface area contributed by atoms with Gasteiger partial charge in [-0.3, -0.25) is 19.5 Å². The van der Waals surface area contributed by atoms with Crippen molar-refractivity contribution in [1.82, 2.24) is 14.7 Å². The molecule has 3 heterocycles. The van der Waals surface area contributed by atoms with E-state index in [1.165, 1.54) is 40.2 Å². The van der Waals surface area contributed by atoms with E-state index in [-0.39, 0.29) is 11.9 Å². The highest BCUT2D eigenvalue weighted by Gasteiger charge is 2.53. The van der Waals surface area contributed by atoms with Gasteiger partial charge in [-0.05, 0) is 49.4 Å². The molecule has 4 rings (SSSR count). The van der Waals surface area contributed by atoms with Crippen LogP contribution in [0.1, 0.15) is 37.3 Å². The summed E-state index contributed by atoms with van der Waals surface area (Å²) in [5.74, 6) is 1.22. The van der Waals surface area contributed by atoms with Crippen molar-refractivity contribution in [2.24, 2.45) is 4.99 Å². The van der Waals surface area contributed by atoms with Gasteiger partial charge >= 0.3 is 11.9 Å². The number of likely N-dealkylation sites (N-methyl/N-ethyl adjacent to an activating group) is 2. The lowest BCUT2D eigenvalue weighted by atomic mass is 10.0. The van der Waals surface area contributed by atoms with Crippen molar-refractivity contribution in [3.05, 3.63) is 35.4 Å². The first kappa shape index (κ1) is 19.8. The molecule has 0 bridgehead atoms. The quantitative estimate of drug-likeness (QED) is 0.733. The average molecular weight is 397 g/mol. The number of urea groups is 1. The normalized spacial score (nSPS) is 25.6. The van der Waals surface area contributed by atoms with Crippen LogP contribution in [0.4, 0.5) is 4.79 Å². The molecule has 0 N–H and O–H groups in total. The number of amidine groups is 2. The second kappa shape index (κ2) is 7.71. The van der Waals surface area contributed by atoms with Crippen LogP contribution < -0.4 is 0 Å². The Kier molecular flexibility index (Phi) is 5.25. The number of piperidine rings is 1. The number of carbonyl (C=O) groups excluding carboxylic acids is 2. The van der Waals surface area contributed by atoms with E-state index in [2.05, 4.69) is 35.5 Å². The van der Waals surface area contributed by atoms with E-state index >= 15 is 0 Å². The molecule has 0 aromatic heterocycles. The summed E-state index contributed by atoms with van der Waals surface area (Å²) in [5, 5.41) is 0. The third-order valence-corrected chi connectivity index (χ3v) is 6.50. The van der Waals surface area contributed by atoms with E-state index in [1.54, 1.807) is 14.1 Å². The van der Waals surface area contributed by atoms with Gasteiger partial charge in [-0.25, -0.2) is 9.37 Å². The first-order valence-electron chi connectivity index (χ1n) is 10.4. The Morgan fingerprint density at radius 1 is 1.14 bits per heavy atom. The Bertz CT molecular complexity index is 906. The molecule has 0 spiro atoms. The number of likely N-dealkylation sites (tertiary alicyclic amines) is 1. The molecule has 3 aliphatic rings. The number of imide groups is 1. The third kappa shape index (κ3) is 3.48. The maximum absolute atomic E-state index is 13.1. The Morgan fingerprint density at radius 2 is 1.90 bits per heavy atom. The molecule has 0 radical (unpaired) electrons. The first-order chi connectivity index (χ1) is 13.9. The summed E-state index contributed by atoms with van der Waals surface area (Å²) in [6.45, 7) is 6.69. The van der Waals surface area contributed by atoms with Crippen molar-refractivity contribution in [1.29, 1.82) is 0 Å². The molecule has 3 aliphatic heterocycles. The van der Waals surface area contributed by atoms with Gasteiger partial charge in [0.2, 0.25) is 0 Å². The number of aryl methyl sites for hydroxylation is 1. The fourth-order valence-electron chi connectivity index (χ4n) is 4.50. The van der Waals surface area contributed by atoms with Gasteiger partial charge in [0.05, 0.1) is 0 Å². The highest BCUT2D eigenvalue weighted by molar-refractivity contribution is 6.23. The molecule has 0 aliphatic carbocycles. The molecule has 2 saturated heterocycles. The highest BCUT2D eigenvalue weighted by Crippen LogP contribution is 2.23. The lowest BCUT2D eigenvalue weighted by molar-refractivity contribution is -0.552. The lowest BCUT2D eigenvalue weighted by Gasteiger charge is -2.32. The minimum absolute atomic E-state index is 0.206. The number of nitrogens with zero attached hydrogens (tertiary/aromatic N) is 5. The second-order valence-corrected chi connectivity index (χ2v) is 8.40. The van der Waals surface area contributed by atoms with Crippen LogP contribution >= 0.6 is 0 Å². The Balaban J connectivity index is 1.73. The van der Waals surface area contributed by atoms with E-state index < -0.39 is 6.04 Å². The Hall–Kier alpha value is -2.54. The van der Waals surface area contributed by atoms with E-state index in [9.17, 15) is 9.59 Å². The second-order valence-electron chi connectivity index (χ2n) is 8.40. The minimum Gasteiger partial charge on any atom is -0.289 e. The van der Waals surface area contributed by atoms with Gasteiger partial charge in [-0.2, -0.15) is 0 Å². The van der Waals surface area contributed by atoms with E-state index in [0.29, 0.717) is 25.0 Å². The fourth-order valence-corrected chi connectivity index (χ4v) is 4.50. The number of hydrogen-bond donors (Lipinski definition) is 0. The van der Waals surface area contributed by atoms with Gasteiger partial charge < -0.3 is 0 Å². The molecule has 154 valence electrons. The molecular weight excluding hydrogens is 366 g/mol. The highest BCUT2D eigenvalue weighted by atomic mass is 16.2. The molecule has 7 nitrogen and oxygen atoms in total. The van der Waals surface area contributed by atoms with Crippen LogP contribution in [0.5, 0.6) is 0 Å². The van der Waals surface area contributed by atoms with Crippen LogP contribution in [0, 0.1) is 6.92 Å². The zero-order chi connectivity index (χ0) is 20.7. The largest absolute Gasteiger partial charge is 0.333 e. The Labute approximate surface area is 172 Å². The molecule has 3 amide bonds. The molecule has 7 heteroatoms. The fraction of sp³-hybridized carbons (Fsp3) is 0.545. The van der Waals surface area contributed by atoms with Gasteiger partial charge in [0.25, 0.3) is 17.8 Å². The summed E-state index contributed by atoms with van der Waals surface area (Å²) in [7, 11) is 3.25. The summed E-state index contributed by atoms with van der Waals surface area (Å²) in [5.41, 5.74) is 2.36. The summed E-state index contributed by atoms with van der Waals surface area (Å²) in [4.78, 5) is 35.5. The lowest BCUT2D eigenvalue weighted by Crippen LogP contribution is -2.61. The van der Waals surface area contributed by atoms with E-state index in [1.807, 2.05) is 12.1 Å². The zero-order valence-corrected chi connectivity index (χ0v) is 17.8. The van der Waals surface area contributed by atoms with E-state index in [4.69, 9.17) is 4.99 Å². The smallest absolute Gasteiger partial charge is 0.289 e. The topological polar surface area (TPSA) is 59.2 Å². The van der Waals surface area contributed by atoms with Crippen LogP contribution in [0.25, 0.3) is 0 Å². The number of amides is 3. The molecule has 2 unspecified atom stereocenters. The number of carbonyl (C=O) groups is 2. The predicted molar refractivity (Wildman–Crippen MR) is 112 cm³/mol.